The van der Waals surface area contributed by atoms with E-state index in [4.69, 9.17) is 0 Å². The summed E-state index contributed by atoms with van der Waals surface area (Å²) in [6, 6.07) is 0. The largest absolute Gasteiger partial charge is 0.299 e. The fraction of sp³-hybridized carbons (Fsp3) is 0.947. The second kappa shape index (κ2) is 7.09. The molecule has 1 saturated carbocycles. The van der Waals surface area contributed by atoms with Crippen molar-refractivity contribution in [3.8, 4) is 0 Å². The number of ketones is 1. The zero-order valence-corrected chi connectivity index (χ0v) is 14.7. The van der Waals surface area contributed by atoms with Gasteiger partial charge in [-0.1, -0.05) is 80.1 Å². The Morgan fingerprint density at radius 3 is 1.85 bits per heavy atom. The molecule has 0 aromatic rings. The van der Waals surface area contributed by atoms with E-state index in [0.717, 1.165) is 18.8 Å². The zero-order chi connectivity index (χ0) is 15.4. The molecule has 0 bridgehead atoms. The highest BCUT2D eigenvalue weighted by molar-refractivity contribution is 5.86. The number of Topliss-reactive ketones (excluding diaryl/α,β-unsaturated/α-hetero) is 1. The van der Waals surface area contributed by atoms with E-state index in [-0.39, 0.29) is 16.7 Å². The lowest BCUT2D eigenvalue weighted by atomic mass is 9.72. The van der Waals surface area contributed by atoms with Gasteiger partial charge in [-0.25, -0.2) is 0 Å². The first-order valence-electron chi connectivity index (χ1n) is 8.64. The van der Waals surface area contributed by atoms with E-state index in [1.807, 2.05) is 0 Å². The fourth-order valence-corrected chi connectivity index (χ4v) is 3.64. The zero-order valence-electron chi connectivity index (χ0n) is 14.7. The van der Waals surface area contributed by atoms with Gasteiger partial charge in [0.2, 0.25) is 0 Å². The first kappa shape index (κ1) is 17.7. The van der Waals surface area contributed by atoms with Crippen molar-refractivity contribution in [3.05, 3.63) is 0 Å². The van der Waals surface area contributed by atoms with E-state index < -0.39 is 0 Å². The van der Waals surface area contributed by atoms with Gasteiger partial charge < -0.3 is 0 Å². The van der Waals surface area contributed by atoms with Gasteiger partial charge in [-0.05, 0) is 24.2 Å². The SMILES string of the molecule is CC(C)(C)C[C@@H](CC1CCCCCC1)C(=O)C(C)(C)C. The van der Waals surface area contributed by atoms with Crippen LogP contribution >= 0.6 is 0 Å². The molecule has 0 aliphatic heterocycles. The lowest BCUT2D eigenvalue weighted by Gasteiger charge is -2.32. The van der Waals surface area contributed by atoms with Crippen molar-refractivity contribution in [3.63, 3.8) is 0 Å². The summed E-state index contributed by atoms with van der Waals surface area (Å²) in [5.74, 6) is 1.53. The first-order chi connectivity index (χ1) is 9.09. The van der Waals surface area contributed by atoms with Gasteiger partial charge in [0.05, 0.1) is 0 Å². The summed E-state index contributed by atoms with van der Waals surface area (Å²) >= 11 is 0. The van der Waals surface area contributed by atoms with Gasteiger partial charge in [-0.15, -0.1) is 0 Å². The molecule has 0 aromatic heterocycles. The molecule has 1 rings (SSSR count). The molecule has 1 fully saturated rings. The van der Waals surface area contributed by atoms with Gasteiger partial charge in [0.25, 0.3) is 0 Å². The van der Waals surface area contributed by atoms with Crippen molar-refractivity contribution in [2.24, 2.45) is 22.7 Å². The van der Waals surface area contributed by atoms with Crippen LogP contribution in [-0.4, -0.2) is 5.78 Å². The molecule has 1 aliphatic rings. The van der Waals surface area contributed by atoms with Crippen LogP contribution in [0.2, 0.25) is 0 Å². The maximum Gasteiger partial charge on any atom is 0.141 e. The number of hydrogen-bond acceptors (Lipinski definition) is 1. The van der Waals surface area contributed by atoms with Crippen LogP contribution < -0.4 is 0 Å². The van der Waals surface area contributed by atoms with Gasteiger partial charge in [-0.2, -0.15) is 0 Å². The topological polar surface area (TPSA) is 17.1 Å². The number of carbonyl (C=O) groups is 1. The molecule has 1 atom stereocenters. The molecule has 1 aliphatic carbocycles. The van der Waals surface area contributed by atoms with Crippen LogP contribution in [0.1, 0.15) is 92.9 Å². The summed E-state index contributed by atoms with van der Waals surface area (Å²) in [6.07, 6.45) is 10.4. The molecule has 0 radical (unpaired) electrons. The molecule has 0 amide bonds. The second-order valence-electron chi connectivity index (χ2n) is 9.17. The Morgan fingerprint density at radius 1 is 0.950 bits per heavy atom. The minimum atomic E-state index is -0.194. The predicted octanol–water partition coefficient (Wildman–Crippen LogP) is 6.01. The molecule has 0 saturated heterocycles. The van der Waals surface area contributed by atoms with Crippen LogP contribution in [0.4, 0.5) is 0 Å². The van der Waals surface area contributed by atoms with Crippen LogP contribution in [0, 0.1) is 22.7 Å². The molecule has 1 nitrogen and oxygen atoms in total. The summed E-state index contributed by atoms with van der Waals surface area (Å²) in [5, 5.41) is 0. The maximum atomic E-state index is 12.8. The average Bonchev–Trinajstić information content (AvgIpc) is 2.52. The molecular weight excluding hydrogens is 244 g/mol. The third-order valence-electron chi connectivity index (χ3n) is 4.56. The predicted molar refractivity (Wildman–Crippen MR) is 87.8 cm³/mol. The molecule has 1 heteroatoms. The minimum Gasteiger partial charge on any atom is -0.299 e. The van der Waals surface area contributed by atoms with Crippen molar-refractivity contribution in [2.75, 3.05) is 0 Å². The van der Waals surface area contributed by atoms with E-state index in [0.29, 0.717) is 5.78 Å². The van der Waals surface area contributed by atoms with E-state index >= 15 is 0 Å². The van der Waals surface area contributed by atoms with Crippen LogP contribution in [0.15, 0.2) is 0 Å². The molecule has 0 unspecified atom stereocenters. The third-order valence-corrected chi connectivity index (χ3v) is 4.56. The van der Waals surface area contributed by atoms with Crippen molar-refractivity contribution in [2.45, 2.75) is 92.9 Å². The summed E-state index contributed by atoms with van der Waals surface area (Å²) in [6.45, 7) is 13.0. The molecule has 0 aromatic carbocycles. The smallest absolute Gasteiger partial charge is 0.141 e. The van der Waals surface area contributed by atoms with Crippen molar-refractivity contribution >= 4 is 5.78 Å². The van der Waals surface area contributed by atoms with Crippen LogP contribution in [-0.2, 0) is 4.79 Å². The molecule has 20 heavy (non-hydrogen) atoms. The fourth-order valence-electron chi connectivity index (χ4n) is 3.64. The van der Waals surface area contributed by atoms with Gasteiger partial charge in [0, 0.05) is 11.3 Å². The number of carbonyl (C=O) groups excluding carboxylic acids is 1. The Bertz CT molecular complexity index is 295. The second-order valence-corrected chi connectivity index (χ2v) is 9.17. The first-order valence-corrected chi connectivity index (χ1v) is 8.64. The number of hydrogen-bond donors (Lipinski definition) is 0. The lowest BCUT2D eigenvalue weighted by Crippen LogP contribution is -2.32. The van der Waals surface area contributed by atoms with Gasteiger partial charge in [-0.3, -0.25) is 4.79 Å². The summed E-state index contributed by atoms with van der Waals surface area (Å²) < 4.78 is 0. The maximum absolute atomic E-state index is 12.8. The van der Waals surface area contributed by atoms with Crippen molar-refractivity contribution in [1.29, 1.82) is 0 Å². The van der Waals surface area contributed by atoms with E-state index in [1.165, 1.54) is 38.5 Å². The van der Waals surface area contributed by atoms with Gasteiger partial charge >= 0.3 is 0 Å². The van der Waals surface area contributed by atoms with E-state index in [2.05, 4.69) is 41.5 Å². The summed E-state index contributed by atoms with van der Waals surface area (Å²) in [7, 11) is 0. The van der Waals surface area contributed by atoms with Crippen molar-refractivity contribution < 1.29 is 4.79 Å². The average molecular weight is 280 g/mol. The normalized spacial score (nSPS) is 20.5. The Morgan fingerprint density at radius 2 is 1.45 bits per heavy atom. The van der Waals surface area contributed by atoms with E-state index in [9.17, 15) is 4.79 Å². The van der Waals surface area contributed by atoms with Crippen LogP contribution in [0.3, 0.4) is 0 Å². The minimum absolute atomic E-state index is 0.194. The molecule has 118 valence electrons. The highest BCUT2D eigenvalue weighted by atomic mass is 16.1. The Hall–Kier alpha value is -0.330. The Kier molecular flexibility index (Phi) is 6.28. The standard InChI is InChI=1S/C19H36O/c1-18(2,3)14-16(17(20)19(4,5)6)13-15-11-9-7-8-10-12-15/h15-16H,7-14H2,1-6H3/t16-/m1/s1. The Labute approximate surface area is 126 Å². The third kappa shape index (κ3) is 6.41. The summed E-state index contributed by atoms with van der Waals surface area (Å²) in [4.78, 5) is 12.8. The lowest BCUT2D eigenvalue weighted by molar-refractivity contribution is -0.132. The monoisotopic (exact) mass is 280 g/mol. The highest BCUT2D eigenvalue weighted by Gasteiger charge is 2.33. The van der Waals surface area contributed by atoms with Gasteiger partial charge in [0.1, 0.15) is 5.78 Å². The highest BCUT2D eigenvalue weighted by Crippen LogP contribution is 2.37. The summed E-state index contributed by atoms with van der Waals surface area (Å²) in [5.41, 5.74) is 0.0525. The quantitative estimate of drug-likeness (QED) is 0.576. The molecular formula is C19H36O. The number of rotatable bonds is 4. The van der Waals surface area contributed by atoms with Crippen LogP contribution in [0.5, 0.6) is 0 Å². The molecule has 0 spiro atoms. The van der Waals surface area contributed by atoms with Crippen molar-refractivity contribution in [1.82, 2.24) is 0 Å². The molecule has 0 heterocycles. The van der Waals surface area contributed by atoms with Crippen LogP contribution in [0.25, 0.3) is 0 Å². The Balaban J connectivity index is 2.73. The van der Waals surface area contributed by atoms with Gasteiger partial charge in [0.15, 0.2) is 0 Å². The molecule has 0 N–H and O–H groups in total. The van der Waals surface area contributed by atoms with E-state index in [1.54, 1.807) is 0 Å².